The van der Waals surface area contributed by atoms with E-state index >= 15 is 0 Å². The molecule has 0 spiro atoms. The molecule has 2 aromatic carbocycles. The second-order valence-electron chi connectivity index (χ2n) is 5.89. The summed E-state index contributed by atoms with van der Waals surface area (Å²) in [6, 6.07) is 14.0. The van der Waals surface area contributed by atoms with Crippen LogP contribution in [0.3, 0.4) is 0 Å². The average molecular weight is 329 g/mol. The fourth-order valence-corrected chi connectivity index (χ4v) is 2.52. The Hall–Kier alpha value is -2.20. The van der Waals surface area contributed by atoms with Crippen molar-refractivity contribution in [3.63, 3.8) is 0 Å². The minimum absolute atomic E-state index is 0.433. The van der Waals surface area contributed by atoms with Crippen molar-refractivity contribution in [2.75, 3.05) is 27.4 Å². The summed E-state index contributed by atoms with van der Waals surface area (Å²) in [5, 5.41) is 3.15. The van der Waals surface area contributed by atoms with Crippen molar-refractivity contribution in [1.29, 1.82) is 0 Å². The molecule has 0 saturated carbocycles. The van der Waals surface area contributed by atoms with E-state index in [0.29, 0.717) is 19.1 Å². The Kier molecular flexibility index (Phi) is 6.94. The first-order valence-electron chi connectivity index (χ1n) is 8.31. The molecule has 4 heteroatoms. The van der Waals surface area contributed by atoms with E-state index in [1.54, 1.807) is 7.11 Å². The molecule has 0 saturated heterocycles. The number of nitrogens with one attached hydrogen (secondary N) is 1. The van der Waals surface area contributed by atoms with Gasteiger partial charge in [-0.2, -0.15) is 0 Å². The molecule has 0 aromatic heterocycles. The Balaban J connectivity index is 1.95. The lowest BCUT2D eigenvalue weighted by molar-refractivity contribution is 0.213. The molecular formula is C20H27NO3. The van der Waals surface area contributed by atoms with Crippen LogP contribution < -0.4 is 19.5 Å². The molecule has 130 valence electrons. The average Bonchev–Trinajstić information content (AvgIpc) is 2.60. The third kappa shape index (κ3) is 4.90. The molecule has 0 aliphatic rings. The molecule has 0 atom stereocenters. The number of methoxy groups -OCH3 is 1. The van der Waals surface area contributed by atoms with Crippen molar-refractivity contribution < 1.29 is 14.2 Å². The van der Waals surface area contributed by atoms with E-state index in [0.717, 1.165) is 29.4 Å². The van der Waals surface area contributed by atoms with Gasteiger partial charge in [0.15, 0.2) is 0 Å². The monoisotopic (exact) mass is 329 g/mol. The number of hydrogen-bond donors (Lipinski definition) is 1. The maximum absolute atomic E-state index is 5.91. The van der Waals surface area contributed by atoms with Gasteiger partial charge in [-0.3, -0.25) is 0 Å². The lowest BCUT2D eigenvalue weighted by Crippen LogP contribution is -2.13. The fraction of sp³-hybridized carbons (Fsp3) is 0.400. The van der Waals surface area contributed by atoms with E-state index in [2.05, 4.69) is 25.2 Å². The summed E-state index contributed by atoms with van der Waals surface area (Å²) in [6.45, 7) is 6.06. The van der Waals surface area contributed by atoms with Crippen LogP contribution in [-0.2, 0) is 6.54 Å². The van der Waals surface area contributed by atoms with Crippen LogP contribution in [0.1, 0.15) is 30.9 Å². The molecule has 4 nitrogen and oxygen atoms in total. The highest BCUT2D eigenvalue weighted by Crippen LogP contribution is 2.27. The number of hydrogen-bond acceptors (Lipinski definition) is 4. The normalized spacial score (nSPS) is 10.7. The summed E-state index contributed by atoms with van der Waals surface area (Å²) in [4.78, 5) is 0. The number of benzene rings is 2. The molecule has 0 aliphatic carbocycles. The zero-order valence-corrected chi connectivity index (χ0v) is 15.0. The second-order valence-corrected chi connectivity index (χ2v) is 5.89. The van der Waals surface area contributed by atoms with E-state index in [1.165, 1.54) is 5.56 Å². The predicted octanol–water partition coefficient (Wildman–Crippen LogP) is 4.00. The minimum atomic E-state index is 0.433. The summed E-state index contributed by atoms with van der Waals surface area (Å²) in [5.74, 6) is 2.97. The van der Waals surface area contributed by atoms with E-state index in [4.69, 9.17) is 14.2 Å². The van der Waals surface area contributed by atoms with E-state index in [-0.39, 0.29) is 0 Å². The Bertz CT molecular complexity index is 641. The molecule has 24 heavy (non-hydrogen) atoms. The molecule has 0 amide bonds. The van der Waals surface area contributed by atoms with E-state index in [1.807, 2.05) is 43.4 Å². The number of rotatable bonds is 9. The summed E-state index contributed by atoms with van der Waals surface area (Å²) < 4.78 is 17.1. The molecule has 1 N–H and O–H groups in total. The van der Waals surface area contributed by atoms with Gasteiger partial charge in [0.25, 0.3) is 0 Å². The Morgan fingerprint density at radius 1 is 0.958 bits per heavy atom. The maximum Gasteiger partial charge on any atom is 0.127 e. The quantitative estimate of drug-likeness (QED) is 0.706. The van der Waals surface area contributed by atoms with Crippen molar-refractivity contribution >= 4 is 0 Å². The Morgan fingerprint density at radius 3 is 2.33 bits per heavy atom. The van der Waals surface area contributed by atoms with Gasteiger partial charge in [-0.1, -0.05) is 38.1 Å². The van der Waals surface area contributed by atoms with Gasteiger partial charge in [0.2, 0.25) is 0 Å². The van der Waals surface area contributed by atoms with Crippen LogP contribution in [0.25, 0.3) is 0 Å². The molecule has 2 aromatic rings. The highest BCUT2D eigenvalue weighted by atomic mass is 16.5. The van der Waals surface area contributed by atoms with Gasteiger partial charge < -0.3 is 19.5 Å². The number of para-hydroxylation sites is 1. The van der Waals surface area contributed by atoms with Crippen molar-refractivity contribution in [3.8, 4) is 17.2 Å². The number of ether oxygens (including phenoxy) is 3. The SMILES string of the molecule is CNCc1ccc(OC)cc1OCCOc1ccccc1C(C)C. The maximum atomic E-state index is 5.91. The van der Waals surface area contributed by atoms with Gasteiger partial charge in [0, 0.05) is 18.2 Å². The lowest BCUT2D eigenvalue weighted by atomic mass is 10.0. The molecule has 0 bridgehead atoms. The first-order chi connectivity index (χ1) is 11.7. The Morgan fingerprint density at radius 2 is 1.67 bits per heavy atom. The largest absolute Gasteiger partial charge is 0.497 e. The van der Waals surface area contributed by atoms with Crippen LogP contribution in [0.15, 0.2) is 42.5 Å². The fourth-order valence-electron chi connectivity index (χ4n) is 2.52. The van der Waals surface area contributed by atoms with Crippen molar-refractivity contribution in [2.24, 2.45) is 0 Å². The molecule has 0 radical (unpaired) electrons. The van der Waals surface area contributed by atoms with Crippen LogP contribution in [0.4, 0.5) is 0 Å². The summed E-state index contributed by atoms with van der Waals surface area (Å²) in [6.07, 6.45) is 0. The highest BCUT2D eigenvalue weighted by Gasteiger charge is 2.08. The first-order valence-corrected chi connectivity index (χ1v) is 8.31. The van der Waals surface area contributed by atoms with Crippen LogP contribution in [0, 0.1) is 0 Å². The molecule has 0 fully saturated rings. The standard InChI is InChI=1S/C20H27NO3/c1-15(2)18-7-5-6-8-19(18)23-11-12-24-20-13-17(22-4)10-9-16(20)14-21-3/h5-10,13,15,21H,11-12,14H2,1-4H3. The molecular weight excluding hydrogens is 302 g/mol. The third-order valence-corrected chi connectivity index (χ3v) is 3.78. The van der Waals surface area contributed by atoms with Gasteiger partial charge in [0.05, 0.1) is 7.11 Å². The zero-order valence-electron chi connectivity index (χ0n) is 15.0. The molecule has 0 heterocycles. The van der Waals surface area contributed by atoms with Gasteiger partial charge in [-0.25, -0.2) is 0 Å². The van der Waals surface area contributed by atoms with Crippen molar-refractivity contribution in [2.45, 2.75) is 26.3 Å². The van der Waals surface area contributed by atoms with Crippen molar-refractivity contribution in [3.05, 3.63) is 53.6 Å². The molecule has 0 unspecified atom stereocenters. The summed E-state index contributed by atoms with van der Waals surface area (Å²) >= 11 is 0. The molecule has 2 rings (SSSR count). The second kappa shape index (κ2) is 9.18. The summed E-state index contributed by atoms with van der Waals surface area (Å²) in [7, 11) is 3.57. The first kappa shape index (κ1) is 18.1. The lowest BCUT2D eigenvalue weighted by Gasteiger charge is -2.15. The molecule has 0 aliphatic heterocycles. The van der Waals surface area contributed by atoms with Gasteiger partial charge in [-0.15, -0.1) is 0 Å². The summed E-state index contributed by atoms with van der Waals surface area (Å²) in [5.41, 5.74) is 2.32. The topological polar surface area (TPSA) is 39.7 Å². The minimum Gasteiger partial charge on any atom is -0.497 e. The van der Waals surface area contributed by atoms with Gasteiger partial charge >= 0.3 is 0 Å². The van der Waals surface area contributed by atoms with Crippen LogP contribution >= 0.6 is 0 Å². The predicted molar refractivity (Wildman–Crippen MR) is 97.3 cm³/mol. The van der Waals surface area contributed by atoms with Crippen LogP contribution in [-0.4, -0.2) is 27.4 Å². The van der Waals surface area contributed by atoms with E-state index in [9.17, 15) is 0 Å². The zero-order chi connectivity index (χ0) is 17.4. The van der Waals surface area contributed by atoms with Gasteiger partial charge in [0.1, 0.15) is 30.5 Å². The van der Waals surface area contributed by atoms with Crippen molar-refractivity contribution in [1.82, 2.24) is 5.32 Å². The third-order valence-electron chi connectivity index (χ3n) is 3.78. The smallest absolute Gasteiger partial charge is 0.127 e. The van der Waals surface area contributed by atoms with Gasteiger partial charge in [-0.05, 0) is 30.7 Å². The Labute approximate surface area is 144 Å². The van der Waals surface area contributed by atoms with Crippen LogP contribution in [0.5, 0.6) is 17.2 Å². The van der Waals surface area contributed by atoms with E-state index < -0.39 is 0 Å². The van der Waals surface area contributed by atoms with Crippen LogP contribution in [0.2, 0.25) is 0 Å². The highest BCUT2D eigenvalue weighted by molar-refractivity contribution is 5.40.